The van der Waals surface area contributed by atoms with Gasteiger partial charge in [-0.05, 0) is 43.0 Å². The molecule has 0 amide bonds. The fourth-order valence-electron chi connectivity index (χ4n) is 2.02. The van der Waals surface area contributed by atoms with Crippen molar-refractivity contribution in [2.24, 2.45) is 0 Å². The number of aryl methyl sites for hydroxylation is 1. The van der Waals surface area contributed by atoms with Gasteiger partial charge in [0.15, 0.2) is 0 Å². The van der Waals surface area contributed by atoms with Crippen LogP contribution in [-0.2, 0) is 6.42 Å². The van der Waals surface area contributed by atoms with Gasteiger partial charge in [-0.15, -0.1) is 0 Å². The Balaban J connectivity index is 2.41. The molecule has 0 saturated heterocycles. The first-order valence-corrected chi connectivity index (χ1v) is 5.68. The van der Waals surface area contributed by atoms with Crippen LogP contribution in [0.5, 0.6) is 0 Å². The molecule has 1 N–H and O–H groups in total. The Morgan fingerprint density at radius 1 is 1.25 bits per heavy atom. The van der Waals surface area contributed by atoms with Gasteiger partial charge in [0, 0.05) is 11.4 Å². The smallest absolute Gasteiger partial charge is 0.0416 e. The minimum atomic E-state index is 1.05. The summed E-state index contributed by atoms with van der Waals surface area (Å²) in [4.78, 5) is 0. The summed E-state index contributed by atoms with van der Waals surface area (Å²) in [5, 5.41) is 3.48. The van der Waals surface area contributed by atoms with Crippen molar-refractivity contribution in [3.63, 3.8) is 0 Å². The molecule has 0 aliphatic carbocycles. The predicted octanol–water partition coefficient (Wildman–Crippen LogP) is 4.06. The summed E-state index contributed by atoms with van der Waals surface area (Å²) in [6.45, 7) is 5.92. The number of rotatable bonds is 2. The number of fused-ring (bicyclic) bond motifs is 1. The van der Waals surface area contributed by atoms with E-state index in [4.69, 9.17) is 0 Å². The minimum Gasteiger partial charge on any atom is -0.355 e. The van der Waals surface area contributed by atoms with E-state index in [1.165, 1.54) is 22.5 Å². The summed E-state index contributed by atoms with van der Waals surface area (Å²) in [5.41, 5.74) is 5.05. The summed E-state index contributed by atoms with van der Waals surface area (Å²) in [6, 6.07) is 8.47. The quantitative estimate of drug-likeness (QED) is 0.777. The van der Waals surface area contributed by atoms with Gasteiger partial charge in [-0.1, -0.05) is 36.9 Å². The normalized spacial score (nSPS) is 15.6. The molecule has 0 spiro atoms. The molecule has 16 heavy (non-hydrogen) atoms. The Hall–Kier alpha value is -1.76. The molecule has 0 unspecified atom stereocenters. The van der Waals surface area contributed by atoms with E-state index in [2.05, 4.69) is 48.3 Å². The number of hydrogen-bond donors (Lipinski definition) is 1. The number of anilines is 1. The van der Waals surface area contributed by atoms with E-state index in [1.54, 1.807) is 0 Å². The molecule has 0 bridgehead atoms. The summed E-state index contributed by atoms with van der Waals surface area (Å²) in [7, 11) is 0. The Labute approximate surface area is 97.2 Å². The van der Waals surface area contributed by atoms with Gasteiger partial charge in [-0.2, -0.15) is 0 Å². The van der Waals surface area contributed by atoms with Gasteiger partial charge in [0.25, 0.3) is 0 Å². The molecule has 82 valence electrons. The van der Waals surface area contributed by atoms with Gasteiger partial charge in [0.2, 0.25) is 0 Å². The van der Waals surface area contributed by atoms with Gasteiger partial charge in [-0.3, -0.25) is 0 Å². The van der Waals surface area contributed by atoms with Gasteiger partial charge < -0.3 is 5.32 Å². The van der Waals surface area contributed by atoms with Crippen molar-refractivity contribution in [2.45, 2.75) is 19.8 Å². The van der Waals surface area contributed by atoms with E-state index in [1.807, 2.05) is 13.0 Å². The maximum Gasteiger partial charge on any atom is 0.0416 e. The zero-order chi connectivity index (χ0) is 11.4. The SMILES string of the molecule is C=CC1=C(/C=C\C)Nc2ccccc2CC1. The standard InChI is InChI=1S/C15H17N/c1-3-7-14-12(4-2)10-11-13-8-5-6-9-15(13)16-14/h3-9,16H,2,10-11H2,1H3/b7-3-. The number of benzene rings is 1. The van der Waals surface area contributed by atoms with E-state index in [-0.39, 0.29) is 0 Å². The average molecular weight is 211 g/mol. The van der Waals surface area contributed by atoms with E-state index >= 15 is 0 Å². The van der Waals surface area contributed by atoms with Gasteiger partial charge >= 0.3 is 0 Å². The zero-order valence-electron chi connectivity index (χ0n) is 9.66. The molecule has 1 aliphatic rings. The van der Waals surface area contributed by atoms with Gasteiger partial charge in [0.1, 0.15) is 0 Å². The largest absolute Gasteiger partial charge is 0.355 e. The first-order valence-electron chi connectivity index (χ1n) is 5.68. The van der Waals surface area contributed by atoms with Crippen molar-refractivity contribution < 1.29 is 0 Å². The summed E-state index contributed by atoms with van der Waals surface area (Å²) in [6.07, 6.45) is 8.24. The van der Waals surface area contributed by atoms with Crippen molar-refractivity contribution in [2.75, 3.05) is 5.32 Å². The van der Waals surface area contributed by atoms with E-state index < -0.39 is 0 Å². The van der Waals surface area contributed by atoms with Crippen LogP contribution in [0, 0.1) is 0 Å². The number of allylic oxidation sites excluding steroid dienone is 4. The van der Waals surface area contributed by atoms with Crippen molar-refractivity contribution >= 4 is 5.69 Å². The molecule has 1 aromatic carbocycles. The highest BCUT2D eigenvalue weighted by Gasteiger charge is 2.10. The Kier molecular flexibility index (Phi) is 3.25. The third kappa shape index (κ3) is 2.08. The highest BCUT2D eigenvalue weighted by atomic mass is 14.9. The van der Waals surface area contributed by atoms with Crippen LogP contribution in [0.4, 0.5) is 5.69 Å². The van der Waals surface area contributed by atoms with Crippen LogP contribution in [-0.4, -0.2) is 0 Å². The summed E-state index contributed by atoms with van der Waals surface area (Å²) in [5.74, 6) is 0. The van der Waals surface area contributed by atoms with E-state index in [0.29, 0.717) is 0 Å². The van der Waals surface area contributed by atoms with Crippen LogP contribution < -0.4 is 5.32 Å². The van der Waals surface area contributed by atoms with Crippen molar-refractivity contribution in [3.05, 3.63) is 65.9 Å². The lowest BCUT2D eigenvalue weighted by Gasteiger charge is -2.09. The predicted molar refractivity (Wildman–Crippen MR) is 70.4 cm³/mol. The van der Waals surface area contributed by atoms with Crippen LogP contribution in [0.15, 0.2) is 60.3 Å². The fourth-order valence-corrected chi connectivity index (χ4v) is 2.02. The average Bonchev–Trinajstić information content (AvgIpc) is 2.48. The molecule has 0 fully saturated rings. The molecule has 1 heterocycles. The Bertz CT molecular complexity index is 452. The molecule has 2 rings (SSSR count). The highest BCUT2D eigenvalue weighted by molar-refractivity contribution is 5.60. The molecule has 1 aromatic rings. The van der Waals surface area contributed by atoms with Crippen LogP contribution in [0.1, 0.15) is 18.9 Å². The fraction of sp³-hybridized carbons (Fsp3) is 0.200. The number of para-hydroxylation sites is 1. The molecular formula is C15H17N. The van der Waals surface area contributed by atoms with Gasteiger partial charge in [-0.25, -0.2) is 0 Å². The lowest BCUT2D eigenvalue weighted by Crippen LogP contribution is -1.98. The van der Waals surface area contributed by atoms with Crippen LogP contribution in [0.25, 0.3) is 0 Å². The molecule has 0 atom stereocenters. The monoisotopic (exact) mass is 211 g/mol. The number of hydrogen-bond acceptors (Lipinski definition) is 1. The van der Waals surface area contributed by atoms with Crippen molar-refractivity contribution in [1.29, 1.82) is 0 Å². The van der Waals surface area contributed by atoms with Crippen molar-refractivity contribution in [3.8, 4) is 0 Å². The topological polar surface area (TPSA) is 12.0 Å². The van der Waals surface area contributed by atoms with E-state index in [9.17, 15) is 0 Å². The second-order valence-electron chi connectivity index (χ2n) is 3.93. The molecule has 1 heteroatoms. The molecular weight excluding hydrogens is 194 g/mol. The Morgan fingerprint density at radius 2 is 2.06 bits per heavy atom. The minimum absolute atomic E-state index is 1.05. The second-order valence-corrected chi connectivity index (χ2v) is 3.93. The van der Waals surface area contributed by atoms with Gasteiger partial charge in [0.05, 0.1) is 0 Å². The number of nitrogens with one attached hydrogen (secondary N) is 1. The third-order valence-electron chi connectivity index (χ3n) is 2.88. The molecule has 0 saturated carbocycles. The summed E-state index contributed by atoms with van der Waals surface area (Å²) >= 11 is 0. The molecule has 0 aromatic heterocycles. The first kappa shape index (κ1) is 10.7. The summed E-state index contributed by atoms with van der Waals surface area (Å²) < 4.78 is 0. The lowest BCUT2D eigenvalue weighted by molar-refractivity contribution is 0.974. The zero-order valence-corrected chi connectivity index (χ0v) is 9.66. The highest BCUT2D eigenvalue weighted by Crippen LogP contribution is 2.27. The Morgan fingerprint density at radius 3 is 2.81 bits per heavy atom. The second kappa shape index (κ2) is 4.84. The molecule has 0 radical (unpaired) electrons. The molecule has 1 nitrogen and oxygen atoms in total. The maximum atomic E-state index is 3.89. The van der Waals surface area contributed by atoms with Crippen LogP contribution in [0.3, 0.4) is 0 Å². The molecule has 1 aliphatic heterocycles. The van der Waals surface area contributed by atoms with E-state index in [0.717, 1.165) is 12.8 Å². The van der Waals surface area contributed by atoms with Crippen LogP contribution >= 0.6 is 0 Å². The third-order valence-corrected chi connectivity index (χ3v) is 2.88. The lowest BCUT2D eigenvalue weighted by atomic mass is 10.0. The maximum absolute atomic E-state index is 3.89. The first-order chi connectivity index (χ1) is 7.85. The van der Waals surface area contributed by atoms with Crippen LogP contribution in [0.2, 0.25) is 0 Å². The van der Waals surface area contributed by atoms with Crippen molar-refractivity contribution in [1.82, 2.24) is 0 Å².